The fourth-order valence-electron chi connectivity index (χ4n) is 2.80. The van der Waals surface area contributed by atoms with Crippen molar-refractivity contribution in [1.82, 2.24) is 20.1 Å². The number of carboxylic acid groups (broad SMARTS) is 1. The van der Waals surface area contributed by atoms with Crippen LogP contribution in [0.15, 0.2) is 18.3 Å². The van der Waals surface area contributed by atoms with Crippen molar-refractivity contribution >= 4 is 11.9 Å². The monoisotopic (exact) mass is 348 g/mol. The van der Waals surface area contributed by atoms with E-state index >= 15 is 0 Å². The van der Waals surface area contributed by atoms with Gasteiger partial charge in [0.05, 0.1) is 24.9 Å². The highest BCUT2D eigenvalue weighted by atomic mass is 19.1. The molecule has 0 atom stereocenters. The summed E-state index contributed by atoms with van der Waals surface area (Å²) < 4.78 is 18.9. The van der Waals surface area contributed by atoms with Crippen molar-refractivity contribution in [2.24, 2.45) is 5.92 Å². The number of carboxylic acids is 1. The molecule has 2 aromatic rings. The number of aromatic nitrogens is 3. The number of H-pyrrole nitrogens is 1. The van der Waals surface area contributed by atoms with Gasteiger partial charge in [-0.3, -0.25) is 14.7 Å². The van der Waals surface area contributed by atoms with Crippen molar-refractivity contribution in [3.05, 3.63) is 29.8 Å². The zero-order valence-corrected chi connectivity index (χ0v) is 13.5. The van der Waals surface area contributed by atoms with Gasteiger partial charge in [-0.25, -0.2) is 9.37 Å². The Bertz CT molecular complexity index is 799. The number of piperidine rings is 1. The highest BCUT2D eigenvalue weighted by Gasteiger charge is 2.28. The number of halogens is 1. The number of amides is 1. The molecule has 3 heterocycles. The van der Waals surface area contributed by atoms with Gasteiger partial charge in [0.2, 0.25) is 5.88 Å². The summed E-state index contributed by atoms with van der Waals surface area (Å²) in [5, 5.41) is 15.6. The Balaban J connectivity index is 1.76. The SMILES string of the molecule is COc1cc(-c2cc(C(=O)N3CCC(C(=O)O)CC3)[nH]n2)c(F)cn1. The number of hydrogen-bond acceptors (Lipinski definition) is 5. The first-order valence-corrected chi connectivity index (χ1v) is 7.77. The van der Waals surface area contributed by atoms with Crippen molar-refractivity contribution in [2.75, 3.05) is 20.2 Å². The van der Waals surface area contributed by atoms with Crippen LogP contribution in [-0.4, -0.2) is 57.3 Å². The van der Waals surface area contributed by atoms with Crippen LogP contribution >= 0.6 is 0 Å². The smallest absolute Gasteiger partial charge is 0.306 e. The van der Waals surface area contributed by atoms with Crippen molar-refractivity contribution in [2.45, 2.75) is 12.8 Å². The molecular weight excluding hydrogens is 331 g/mol. The molecule has 1 fully saturated rings. The molecule has 2 N–H and O–H groups in total. The van der Waals surface area contributed by atoms with Crippen LogP contribution in [0.2, 0.25) is 0 Å². The zero-order valence-electron chi connectivity index (χ0n) is 13.5. The Morgan fingerprint density at radius 3 is 2.72 bits per heavy atom. The van der Waals surface area contributed by atoms with E-state index in [1.54, 1.807) is 4.90 Å². The summed E-state index contributed by atoms with van der Waals surface area (Å²) in [4.78, 5) is 28.8. The Kier molecular flexibility index (Phi) is 4.64. The number of aromatic amines is 1. The maximum atomic E-state index is 14.0. The lowest BCUT2D eigenvalue weighted by atomic mass is 9.97. The first-order valence-electron chi connectivity index (χ1n) is 7.77. The van der Waals surface area contributed by atoms with Gasteiger partial charge in [0.25, 0.3) is 5.91 Å². The normalized spacial score (nSPS) is 15.2. The fourth-order valence-corrected chi connectivity index (χ4v) is 2.80. The van der Waals surface area contributed by atoms with E-state index in [1.165, 1.54) is 19.2 Å². The van der Waals surface area contributed by atoms with Crippen LogP contribution in [0.3, 0.4) is 0 Å². The van der Waals surface area contributed by atoms with E-state index in [0.717, 1.165) is 6.20 Å². The van der Waals surface area contributed by atoms with Crippen LogP contribution in [0.1, 0.15) is 23.3 Å². The standard InChI is InChI=1S/C16H17FN4O4/c1-25-14-6-10(11(17)8-18-14)12-7-13(20-19-12)15(22)21-4-2-9(3-5-21)16(23)24/h6-9H,2-5H2,1H3,(H,19,20)(H,23,24). The number of nitrogens with one attached hydrogen (secondary N) is 1. The maximum Gasteiger partial charge on any atom is 0.306 e. The Hall–Kier alpha value is -2.97. The average Bonchev–Trinajstić information content (AvgIpc) is 3.11. The first kappa shape index (κ1) is 16.9. The van der Waals surface area contributed by atoms with Gasteiger partial charge >= 0.3 is 5.97 Å². The average molecular weight is 348 g/mol. The molecule has 1 aliphatic heterocycles. The molecule has 0 radical (unpaired) electrons. The van der Waals surface area contributed by atoms with E-state index in [4.69, 9.17) is 9.84 Å². The molecule has 1 amide bonds. The second kappa shape index (κ2) is 6.88. The minimum Gasteiger partial charge on any atom is -0.481 e. The molecule has 0 aliphatic carbocycles. The van der Waals surface area contributed by atoms with E-state index in [0.29, 0.717) is 25.9 Å². The molecule has 132 valence electrons. The lowest BCUT2D eigenvalue weighted by Crippen LogP contribution is -2.40. The van der Waals surface area contributed by atoms with Gasteiger partial charge in [-0.05, 0) is 18.9 Å². The highest BCUT2D eigenvalue weighted by Crippen LogP contribution is 2.25. The quantitative estimate of drug-likeness (QED) is 0.868. The van der Waals surface area contributed by atoms with E-state index in [2.05, 4.69) is 15.2 Å². The summed E-state index contributed by atoms with van der Waals surface area (Å²) >= 11 is 0. The number of carbonyl (C=O) groups is 2. The van der Waals surface area contributed by atoms with Crippen molar-refractivity contribution < 1.29 is 23.8 Å². The van der Waals surface area contributed by atoms with Gasteiger partial charge in [-0.1, -0.05) is 0 Å². The van der Waals surface area contributed by atoms with Crippen molar-refractivity contribution in [1.29, 1.82) is 0 Å². The third-order valence-corrected chi connectivity index (χ3v) is 4.26. The van der Waals surface area contributed by atoms with Crippen LogP contribution in [0.25, 0.3) is 11.3 Å². The number of carbonyl (C=O) groups excluding carboxylic acids is 1. The number of nitrogens with zero attached hydrogens (tertiary/aromatic N) is 3. The topological polar surface area (TPSA) is 108 Å². The van der Waals surface area contributed by atoms with Gasteiger partial charge in [-0.15, -0.1) is 0 Å². The second-order valence-electron chi connectivity index (χ2n) is 5.78. The van der Waals surface area contributed by atoms with Crippen LogP contribution in [-0.2, 0) is 4.79 Å². The molecule has 0 aromatic carbocycles. The van der Waals surface area contributed by atoms with Gasteiger partial charge in [-0.2, -0.15) is 5.10 Å². The molecule has 2 aromatic heterocycles. The van der Waals surface area contributed by atoms with Crippen LogP contribution in [0, 0.1) is 11.7 Å². The largest absolute Gasteiger partial charge is 0.481 e. The summed E-state index contributed by atoms with van der Waals surface area (Å²) in [6, 6.07) is 2.86. The molecule has 1 saturated heterocycles. The third-order valence-electron chi connectivity index (χ3n) is 4.26. The summed E-state index contributed by atoms with van der Waals surface area (Å²) in [6.45, 7) is 0.725. The lowest BCUT2D eigenvalue weighted by molar-refractivity contribution is -0.143. The number of likely N-dealkylation sites (tertiary alicyclic amines) is 1. The van der Waals surface area contributed by atoms with E-state index in [1.807, 2.05) is 0 Å². The van der Waals surface area contributed by atoms with Gasteiger partial charge in [0.1, 0.15) is 5.69 Å². The first-order chi connectivity index (χ1) is 12.0. The zero-order chi connectivity index (χ0) is 18.0. The number of rotatable bonds is 4. The summed E-state index contributed by atoms with van der Waals surface area (Å²) in [5.41, 5.74) is 0.660. The van der Waals surface area contributed by atoms with Gasteiger partial charge in [0, 0.05) is 24.7 Å². The highest BCUT2D eigenvalue weighted by molar-refractivity contribution is 5.93. The Morgan fingerprint density at radius 2 is 2.08 bits per heavy atom. The minimum absolute atomic E-state index is 0.173. The maximum absolute atomic E-state index is 14.0. The van der Waals surface area contributed by atoms with E-state index in [9.17, 15) is 14.0 Å². The predicted molar refractivity (Wildman–Crippen MR) is 84.6 cm³/mol. The lowest BCUT2D eigenvalue weighted by Gasteiger charge is -2.29. The van der Waals surface area contributed by atoms with E-state index < -0.39 is 17.7 Å². The molecule has 1 aliphatic rings. The van der Waals surface area contributed by atoms with Crippen LogP contribution < -0.4 is 4.74 Å². The third kappa shape index (κ3) is 3.44. The molecular formula is C16H17FN4O4. The summed E-state index contributed by atoms with van der Waals surface area (Å²) in [7, 11) is 1.42. The molecule has 8 nitrogen and oxygen atoms in total. The fraction of sp³-hybridized carbons (Fsp3) is 0.375. The minimum atomic E-state index is -0.835. The molecule has 3 rings (SSSR count). The molecule has 0 saturated carbocycles. The number of pyridine rings is 1. The van der Waals surface area contributed by atoms with Crippen molar-refractivity contribution in [3.63, 3.8) is 0 Å². The van der Waals surface area contributed by atoms with Crippen LogP contribution in [0.4, 0.5) is 4.39 Å². The van der Waals surface area contributed by atoms with E-state index in [-0.39, 0.29) is 28.7 Å². The number of aliphatic carboxylic acids is 1. The van der Waals surface area contributed by atoms with Gasteiger partial charge < -0.3 is 14.7 Å². The Morgan fingerprint density at radius 1 is 1.36 bits per heavy atom. The predicted octanol–water partition coefficient (Wildman–Crippen LogP) is 1.56. The molecule has 25 heavy (non-hydrogen) atoms. The number of ether oxygens (including phenoxy) is 1. The van der Waals surface area contributed by atoms with Crippen molar-refractivity contribution in [3.8, 4) is 17.1 Å². The van der Waals surface area contributed by atoms with Crippen LogP contribution in [0.5, 0.6) is 5.88 Å². The molecule has 0 spiro atoms. The second-order valence-corrected chi connectivity index (χ2v) is 5.78. The summed E-state index contributed by atoms with van der Waals surface area (Å²) in [5.74, 6) is -1.88. The molecule has 9 heteroatoms. The number of methoxy groups -OCH3 is 1. The number of hydrogen-bond donors (Lipinski definition) is 2. The molecule has 0 unspecified atom stereocenters. The Labute approximate surface area is 142 Å². The van der Waals surface area contributed by atoms with Gasteiger partial charge in [0.15, 0.2) is 5.82 Å². The summed E-state index contributed by atoms with van der Waals surface area (Å²) in [6.07, 6.45) is 1.86. The molecule has 0 bridgehead atoms.